The average molecular weight is 244 g/mol. The van der Waals surface area contributed by atoms with Crippen molar-refractivity contribution in [1.82, 2.24) is 9.55 Å². The van der Waals surface area contributed by atoms with Crippen LogP contribution in [0.1, 0.15) is 44.7 Å². The summed E-state index contributed by atoms with van der Waals surface area (Å²) in [6.07, 6.45) is 9.31. The van der Waals surface area contributed by atoms with Gasteiger partial charge in [0.2, 0.25) is 0 Å². The number of aryl methyl sites for hydroxylation is 2. The summed E-state index contributed by atoms with van der Waals surface area (Å²) in [5.41, 5.74) is 4.04. The van der Waals surface area contributed by atoms with Gasteiger partial charge in [-0.3, -0.25) is 0 Å². The van der Waals surface area contributed by atoms with Gasteiger partial charge in [0.05, 0.1) is 6.33 Å². The van der Waals surface area contributed by atoms with Crippen LogP contribution in [0.15, 0.2) is 36.9 Å². The number of rotatable bonds is 4. The van der Waals surface area contributed by atoms with Crippen LogP contribution in [0.25, 0.3) is 5.69 Å². The van der Waals surface area contributed by atoms with Gasteiger partial charge in [0.15, 0.2) is 0 Å². The molecule has 0 bridgehead atoms. The Balaban J connectivity index is 0.000000771. The second kappa shape index (κ2) is 7.70. The predicted octanol–water partition coefficient (Wildman–Crippen LogP) is 4.55. The number of benzene rings is 1. The van der Waals surface area contributed by atoms with Crippen LogP contribution in [0.3, 0.4) is 0 Å². The standard InChI is InChI=1S/C14H18N2.C2H6/c1-3-4-5-13-10-14(7-6-12(13)2)16-9-8-15-11-16;1-2/h6-11H,3-5H2,1-2H3;1-2H3. The molecule has 0 radical (unpaired) electrons. The Morgan fingerprint density at radius 2 is 2.00 bits per heavy atom. The van der Waals surface area contributed by atoms with E-state index in [1.165, 1.54) is 36.1 Å². The molecular formula is C16H24N2. The third kappa shape index (κ3) is 3.73. The molecule has 0 saturated carbocycles. The lowest BCUT2D eigenvalue weighted by Crippen LogP contribution is -1.95. The maximum absolute atomic E-state index is 4.08. The van der Waals surface area contributed by atoms with E-state index in [2.05, 4.69) is 41.6 Å². The molecule has 18 heavy (non-hydrogen) atoms. The molecule has 2 aromatic rings. The van der Waals surface area contributed by atoms with Gasteiger partial charge in [-0.25, -0.2) is 4.98 Å². The van der Waals surface area contributed by atoms with Crippen LogP contribution in [0.4, 0.5) is 0 Å². The molecule has 0 spiro atoms. The zero-order valence-corrected chi connectivity index (χ0v) is 12.0. The van der Waals surface area contributed by atoms with E-state index in [0.29, 0.717) is 0 Å². The highest BCUT2D eigenvalue weighted by atomic mass is 15.0. The highest BCUT2D eigenvalue weighted by molar-refractivity contribution is 5.40. The second-order valence-corrected chi connectivity index (χ2v) is 4.18. The lowest BCUT2D eigenvalue weighted by Gasteiger charge is -2.09. The summed E-state index contributed by atoms with van der Waals surface area (Å²) in [6.45, 7) is 8.41. The molecule has 0 fully saturated rings. The maximum atomic E-state index is 4.08. The molecule has 0 amide bonds. The van der Waals surface area contributed by atoms with E-state index in [-0.39, 0.29) is 0 Å². The molecule has 2 nitrogen and oxygen atoms in total. The first-order chi connectivity index (χ1) is 8.81. The Bertz CT molecular complexity index is 444. The van der Waals surface area contributed by atoms with E-state index < -0.39 is 0 Å². The smallest absolute Gasteiger partial charge is 0.0991 e. The molecule has 0 N–H and O–H groups in total. The molecule has 1 aromatic heterocycles. The normalized spacial score (nSPS) is 9.78. The predicted molar refractivity (Wildman–Crippen MR) is 78.3 cm³/mol. The molecule has 0 atom stereocenters. The summed E-state index contributed by atoms with van der Waals surface area (Å²) in [5.74, 6) is 0. The molecule has 2 heteroatoms. The number of hydrogen-bond donors (Lipinski definition) is 0. The van der Waals surface area contributed by atoms with Crippen LogP contribution in [0.5, 0.6) is 0 Å². The first-order valence-corrected chi connectivity index (χ1v) is 6.89. The van der Waals surface area contributed by atoms with Gasteiger partial charge < -0.3 is 4.57 Å². The minimum absolute atomic E-state index is 1.17. The van der Waals surface area contributed by atoms with Crippen LogP contribution >= 0.6 is 0 Å². The van der Waals surface area contributed by atoms with E-state index >= 15 is 0 Å². The van der Waals surface area contributed by atoms with Crippen LogP contribution in [0.2, 0.25) is 0 Å². The third-order valence-corrected chi connectivity index (χ3v) is 2.93. The molecule has 0 aliphatic carbocycles. The Kier molecular flexibility index (Phi) is 6.20. The fourth-order valence-corrected chi connectivity index (χ4v) is 1.87. The summed E-state index contributed by atoms with van der Waals surface area (Å²) in [5, 5.41) is 0. The van der Waals surface area contributed by atoms with Crippen molar-refractivity contribution in [3.63, 3.8) is 0 Å². The summed E-state index contributed by atoms with van der Waals surface area (Å²) in [6, 6.07) is 6.61. The first kappa shape index (κ1) is 14.5. The topological polar surface area (TPSA) is 17.8 Å². The number of nitrogens with zero attached hydrogens (tertiary/aromatic N) is 2. The van der Waals surface area contributed by atoms with Gasteiger partial charge in [0, 0.05) is 18.1 Å². The van der Waals surface area contributed by atoms with Gasteiger partial charge in [-0.1, -0.05) is 33.3 Å². The summed E-state index contributed by atoms with van der Waals surface area (Å²) in [4.78, 5) is 4.08. The largest absolute Gasteiger partial charge is 0.306 e. The molecule has 0 unspecified atom stereocenters. The molecule has 98 valence electrons. The molecule has 2 rings (SSSR count). The monoisotopic (exact) mass is 244 g/mol. The van der Waals surface area contributed by atoms with E-state index in [9.17, 15) is 0 Å². The molecule has 0 saturated heterocycles. The fraction of sp³-hybridized carbons (Fsp3) is 0.438. The number of imidazole rings is 1. The highest BCUT2D eigenvalue weighted by Crippen LogP contribution is 2.16. The molecule has 0 aliphatic rings. The molecule has 1 aromatic carbocycles. The SMILES string of the molecule is CC.CCCCc1cc(-n2ccnc2)ccc1C. The summed E-state index contributed by atoms with van der Waals surface area (Å²) >= 11 is 0. The lowest BCUT2D eigenvalue weighted by molar-refractivity contribution is 0.790. The van der Waals surface area contributed by atoms with Crippen molar-refractivity contribution in [3.8, 4) is 5.69 Å². The molecule has 1 heterocycles. The zero-order valence-electron chi connectivity index (χ0n) is 12.0. The van der Waals surface area contributed by atoms with Crippen molar-refractivity contribution in [1.29, 1.82) is 0 Å². The quantitative estimate of drug-likeness (QED) is 0.771. The maximum Gasteiger partial charge on any atom is 0.0991 e. The Labute approximate surface area is 111 Å². The van der Waals surface area contributed by atoms with Crippen molar-refractivity contribution in [2.75, 3.05) is 0 Å². The van der Waals surface area contributed by atoms with Crippen molar-refractivity contribution in [3.05, 3.63) is 48.0 Å². The first-order valence-electron chi connectivity index (χ1n) is 6.89. The van der Waals surface area contributed by atoms with E-state index in [1.54, 1.807) is 0 Å². The van der Waals surface area contributed by atoms with Crippen molar-refractivity contribution in [2.45, 2.75) is 47.0 Å². The van der Waals surface area contributed by atoms with E-state index in [1.807, 2.05) is 32.6 Å². The summed E-state index contributed by atoms with van der Waals surface area (Å²) < 4.78 is 2.05. The van der Waals surface area contributed by atoms with E-state index in [4.69, 9.17) is 0 Å². The number of aromatic nitrogens is 2. The number of unbranched alkanes of at least 4 members (excludes halogenated alkanes) is 1. The number of hydrogen-bond acceptors (Lipinski definition) is 1. The Morgan fingerprint density at radius 3 is 2.61 bits per heavy atom. The van der Waals surface area contributed by atoms with Crippen molar-refractivity contribution < 1.29 is 0 Å². The molecule has 0 aliphatic heterocycles. The lowest BCUT2D eigenvalue weighted by atomic mass is 10.0. The van der Waals surface area contributed by atoms with Crippen molar-refractivity contribution >= 4 is 0 Å². The minimum Gasteiger partial charge on any atom is -0.306 e. The Morgan fingerprint density at radius 1 is 1.22 bits per heavy atom. The second-order valence-electron chi connectivity index (χ2n) is 4.18. The fourth-order valence-electron chi connectivity index (χ4n) is 1.87. The summed E-state index contributed by atoms with van der Waals surface area (Å²) in [7, 11) is 0. The van der Waals surface area contributed by atoms with Crippen LogP contribution in [-0.2, 0) is 6.42 Å². The van der Waals surface area contributed by atoms with Crippen LogP contribution in [0, 0.1) is 6.92 Å². The van der Waals surface area contributed by atoms with Crippen LogP contribution < -0.4 is 0 Å². The van der Waals surface area contributed by atoms with Gasteiger partial charge in [0.25, 0.3) is 0 Å². The average Bonchev–Trinajstić information content (AvgIpc) is 2.94. The van der Waals surface area contributed by atoms with Gasteiger partial charge in [-0.15, -0.1) is 0 Å². The van der Waals surface area contributed by atoms with Gasteiger partial charge in [-0.05, 0) is 43.0 Å². The Hall–Kier alpha value is -1.57. The zero-order chi connectivity index (χ0) is 13.4. The minimum atomic E-state index is 1.17. The van der Waals surface area contributed by atoms with Gasteiger partial charge >= 0.3 is 0 Å². The van der Waals surface area contributed by atoms with Gasteiger partial charge in [0.1, 0.15) is 0 Å². The highest BCUT2D eigenvalue weighted by Gasteiger charge is 2.01. The molecular weight excluding hydrogens is 220 g/mol. The van der Waals surface area contributed by atoms with E-state index in [0.717, 1.165) is 0 Å². The van der Waals surface area contributed by atoms with Crippen LogP contribution in [-0.4, -0.2) is 9.55 Å². The van der Waals surface area contributed by atoms with Crippen molar-refractivity contribution in [2.24, 2.45) is 0 Å². The third-order valence-electron chi connectivity index (χ3n) is 2.93. The van der Waals surface area contributed by atoms with Gasteiger partial charge in [-0.2, -0.15) is 0 Å².